The maximum Gasteiger partial charge on any atom is 0.143 e. The van der Waals surface area contributed by atoms with Crippen molar-refractivity contribution in [3.63, 3.8) is 0 Å². The number of hydrogen-bond donors (Lipinski definition) is 1. The van der Waals surface area contributed by atoms with Crippen molar-refractivity contribution in [2.75, 3.05) is 0 Å². The van der Waals surface area contributed by atoms with E-state index in [9.17, 15) is 5.11 Å². The molecular weight excluding hydrogens is 260 g/mol. The maximum atomic E-state index is 9.72. The maximum absolute atomic E-state index is 9.72. The summed E-state index contributed by atoms with van der Waals surface area (Å²) in [6.45, 7) is 0. The number of nitrogens with zero attached hydrogens (tertiary/aromatic N) is 2. The van der Waals surface area contributed by atoms with E-state index in [1.807, 2.05) is 60.7 Å². The quantitative estimate of drug-likeness (QED) is 0.632. The molecule has 102 valence electrons. The molecule has 0 radical (unpaired) electrons. The molecule has 3 rings (SSSR count). The highest BCUT2D eigenvalue weighted by Gasteiger charge is 2.03. The minimum absolute atomic E-state index is 0.124. The number of azo groups is 1. The molecule has 0 aliphatic heterocycles. The Morgan fingerprint density at radius 1 is 0.571 bits per heavy atom. The number of benzene rings is 3. The van der Waals surface area contributed by atoms with Crippen molar-refractivity contribution >= 4 is 11.4 Å². The minimum atomic E-state index is 0.124. The summed E-state index contributed by atoms with van der Waals surface area (Å²) >= 11 is 0. The van der Waals surface area contributed by atoms with E-state index in [1.165, 1.54) is 0 Å². The third-order valence-corrected chi connectivity index (χ3v) is 3.14. The van der Waals surface area contributed by atoms with Crippen molar-refractivity contribution in [1.29, 1.82) is 0 Å². The van der Waals surface area contributed by atoms with Gasteiger partial charge in [0.05, 0.1) is 5.69 Å². The van der Waals surface area contributed by atoms with Gasteiger partial charge in [0, 0.05) is 5.56 Å². The van der Waals surface area contributed by atoms with Gasteiger partial charge in [0.2, 0.25) is 0 Å². The molecule has 3 heteroatoms. The van der Waals surface area contributed by atoms with Crippen LogP contribution in [0.3, 0.4) is 0 Å². The van der Waals surface area contributed by atoms with Crippen LogP contribution in [0.15, 0.2) is 89.1 Å². The summed E-state index contributed by atoms with van der Waals surface area (Å²) in [6, 6.07) is 24.7. The van der Waals surface area contributed by atoms with Crippen molar-refractivity contribution in [2.24, 2.45) is 10.2 Å². The molecule has 21 heavy (non-hydrogen) atoms. The van der Waals surface area contributed by atoms with Gasteiger partial charge < -0.3 is 5.11 Å². The molecular formula is C18H14N2O. The number of phenols is 1. The summed E-state index contributed by atoms with van der Waals surface area (Å²) in [6.07, 6.45) is 0. The highest BCUT2D eigenvalue weighted by atomic mass is 16.3. The Labute approximate surface area is 123 Å². The van der Waals surface area contributed by atoms with E-state index in [-0.39, 0.29) is 5.75 Å². The Kier molecular flexibility index (Phi) is 3.74. The van der Waals surface area contributed by atoms with E-state index in [1.54, 1.807) is 18.2 Å². The van der Waals surface area contributed by atoms with Crippen LogP contribution < -0.4 is 0 Å². The molecule has 0 atom stereocenters. The Morgan fingerprint density at radius 3 is 1.90 bits per heavy atom. The Balaban J connectivity index is 1.99. The topological polar surface area (TPSA) is 45.0 Å². The lowest BCUT2D eigenvalue weighted by molar-refractivity contribution is 0.476. The number of rotatable bonds is 3. The number of para-hydroxylation sites is 1. The van der Waals surface area contributed by atoms with Gasteiger partial charge in [0.25, 0.3) is 0 Å². The smallest absolute Gasteiger partial charge is 0.143 e. The first-order chi connectivity index (χ1) is 10.3. The second-order valence-corrected chi connectivity index (χ2v) is 4.57. The molecule has 3 aromatic rings. The second kappa shape index (κ2) is 6.01. The van der Waals surface area contributed by atoms with Gasteiger partial charge in [-0.05, 0) is 23.8 Å². The van der Waals surface area contributed by atoms with Crippen molar-refractivity contribution in [3.8, 4) is 16.9 Å². The third-order valence-electron chi connectivity index (χ3n) is 3.14. The largest absolute Gasteiger partial charge is 0.506 e. The number of hydrogen-bond acceptors (Lipinski definition) is 3. The zero-order valence-corrected chi connectivity index (χ0v) is 11.3. The molecule has 0 amide bonds. The first-order valence-electron chi connectivity index (χ1n) is 6.69. The summed E-state index contributed by atoms with van der Waals surface area (Å²) < 4.78 is 0. The first-order valence-corrected chi connectivity index (χ1v) is 6.69. The van der Waals surface area contributed by atoms with E-state index >= 15 is 0 Å². The minimum Gasteiger partial charge on any atom is -0.506 e. The van der Waals surface area contributed by atoms with E-state index < -0.39 is 0 Å². The van der Waals surface area contributed by atoms with Crippen LogP contribution in [0.5, 0.6) is 5.75 Å². The zero-order chi connectivity index (χ0) is 14.5. The average Bonchev–Trinajstić information content (AvgIpc) is 2.55. The van der Waals surface area contributed by atoms with Gasteiger partial charge >= 0.3 is 0 Å². The Bertz CT molecular complexity index is 767. The van der Waals surface area contributed by atoms with Gasteiger partial charge in [-0.25, -0.2) is 0 Å². The highest BCUT2D eigenvalue weighted by molar-refractivity contribution is 5.75. The van der Waals surface area contributed by atoms with Gasteiger partial charge in [0.1, 0.15) is 11.4 Å². The van der Waals surface area contributed by atoms with Crippen molar-refractivity contribution < 1.29 is 5.11 Å². The summed E-state index contributed by atoms with van der Waals surface area (Å²) in [7, 11) is 0. The van der Waals surface area contributed by atoms with Crippen LogP contribution in [-0.2, 0) is 0 Å². The molecule has 0 bridgehead atoms. The standard InChI is InChI=1S/C18H14N2O/c21-18-13-7-6-12-17(18)20-19-16-11-5-4-10-15(16)14-8-2-1-3-9-14/h1-13,21H. The van der Waals surface area contributed by atoms with E-state index in [0.717, 1.165) is 16.8 Å². The van der Waals surface area contributed by atoms with Gasteiger partial charge in [-0.1, -0.05) is 60.7 Å². The van der Waals surface area contributed by atoms with Crippen LogP contribution >= 0.6 is 0 Å². The van der Waals surface area contributed by atoms with Crippen LogP contribution in [0.1, 0.15) is 0 Å². The monoisotopic (exact) mass is 274 g/mol. The molecule has 0 aliphatic rings. The van der Waals surface area contributed by atoms with Crippen LogP contribution in [-0.4, -0.2) is 5.11 Å². The van der Waals surface area contributed by atoms with Gasteiger partial charge in [-0.3, -0.25) is 0 Å². The summed E-state index contributed by atoms with van der Waals surface area (Å²) in [5, 5.41) is 18.1. The lowest BCUT2D eigenvalue weighted by atomic mass is 10.0. The normalized spacial score (nSPS) is 10.9. The van der Waals surface area contributed by atoms with Crippen LogP contribution in [0.2, 0.25) is 0 Å². The Hall–Kier alpha value is -2.94. The van der Waals surface area contributed by atoms with Gasteiger partial charge in [-0.15, -0.1) is 10.2 Å². The number of aromatic hydroxyl groups is 1. The predicted octanol–water partition coefficient (Wildman–Crippen LogP) is 5.47. The molecule has 0 aromatic heterocycles. The first kappa shape index (κ1) is 13.1. The SMILES string of the molecule is Oc1ccccc1N=Nc1ccccc1-c1ccccc1. The summed E-state index contributed by atoms with van der Waals surface area (Å²) in [4.78, 5) is 0. The van der Waals surface area contributed by atoms with Gasteiger partial charge in [-0.2, -0.15) is 0 Å². The highest BCUT2D eigenvalue weighted by Crippen LogP contribution is 2.32. The van der Waals surface area contributed by atoms with Gasteiger partial charge in [0.15, 0.2) is 0 Å². The lowest BCUT2D eigenvalue weighted by Crippen LogP contribution is -1.77. The molecule has 0 heterocycles. The van der Waals surface area contributed by atoms with Crippen LogP contribution in [0.4, 0.5) is 11.4 Å². The average molecular weight is 274 g/mol. The second-order valence-electron chi connectivity index (χ2n) is 4.57. The molecule has 1 N–H and O–H groups in total. The van der Waals surface area contributed by atoms with E-state index in [2.05, 4.69) is 10.2 Å². The molecule has 0 fully saturated rings. The van der Waals surface area contributed by atoms with Crippen LogP contribution in [0.25, 0.3) is 11.1 Å². The van der Waals surface area contributed by atoms with Crippen molar-refractivity contribution in [2.45, 2.75) is 0 Å². The molecule has 3 nitrogen and oxygen atoms in total. The van der Waals surface area contributed by atoms with Crippen molar-refractivity contribution in [3.05, 3.63) is 78.9 Å². The third kappa shape index (κ3) is 2.98. The molecule has 0 unspecified atom stereocenters. The summed E-state index contributed by atoms with van der Waals surface area (Å²) in [5.74, 6) is 0.124. The van der Waals surface area contributed by atoms with E-state index in [4.69, 9.17) is 0 Å². The molecule has 0 saturated carbocycles. The molecule has 3 aromatic carbocycles. The fourth-order valence-corrected chi connectivity index (χ4v) is 2.08. The number of phenolic OH excluding ortho intramolecular Hbond substituents is 1. The fraction of sp³-hybridized carbons (Fsp3) is 0. The van der Waals surface area contributed by atoms with Crippen LogP contribution in [0, 0.1) is 0 Å². The van der Waals surface area contributed by atoms with Crippen molar-refractivity contribution in [1.82, 2.24) is 0 Å². The zero-order valence-electron chi connectivity index (χ0n) is 11.3. The predicted molar refractivity (Wildman–Crippen MR) is 84.2 cm³/mol. The van der Waals surface area contributed by atoms with E-state index in [0.29, 0.717) is 5.69 Å². The Morgan fingerprint density at radius 2 is 1.14 bits per heavy atom. The summed E-state index contributed by atoms with van der Waals surface area (Å²) in [5.41, 5.74) is 3.33. The fourth-order valence-electron chi connectivity index (χ4n) is 2.08. The molecule has 0 saturated heterocycles. The molecule has 0 aliphatic carbocycles. The lowest BCUT2D eigenvalue weighted by Gasteiger charge is -2.04. The molecule has 0 spiro atoms.